The Labute approximate surface area is 111 Å². The van der Waals surface area contributed by atoms with Gasteiger partial charge in [-0.15, -0.1) is 0 Å². The van der Waals surface area contributed by atoms with E-state index in [1.807, 2.05) is 0 Å². The summed E-state index contributed by atoms with van der Waals surface area (Å²) in [5.74, 6) is 0. The third-order valence-electron chi connectivity index (χ3n) is 2.68. The fourth-order valence-electron chi connectivity index (χ4n) is 1.72. The Kier molecular flexibility index (Phi) is 16.3. The molecule has 0 aromatic carbocycles. The standard InChI is InChI=1S/C13H30N.ClO2/c1-5-6-7-8-9-10-11-12-13-14(2,3)4;2-1-3/h5-13H2,1-4H3;/q+1;-1. The van der Waals surface area contributed by atoms with Gasteiger partial charge in [0.25, 0.3) is 0 Å². The van der Waals surface area contributed by atoms with Crippen molar-refractivity contribution in [1.82, 2.24) is 0 Å². The summed E-state index contributed by atoms with van der Waals surface area (Å²) in [6, 6.07) is 0. The Morgan fingerprint density at radius 2 is 1.12 bits per heavy atom. The van der Waals surface area contributed by atoms with Gasteiger partial charge in [0.2, 0.25) is 0 Å². The fraction of sp³-hybridized carbons (Fsp3) is 1.00. The van der Waals surface area contributed by atoms with E-state index in [0.717, 1.165) is 4.48 Å². The van der Waals surface area contributed by atoms with E-state index >= 15 is 0 Å². The van der Waals surface area contributed by atoms with Gasteiger partial charge in [-0.3, -0.25) is 0 Å². The maximum Gasteiger partial charge on any atom is 0.0878 e. The molecule has 0 aliphatic rings. The molecule has 0 saturated carbocycles. The quantitative estimate of drug-likeness (QED) is 0.469. The highest BCUT2D eigenvalue weighted by Crippen LogP contribution is 2.09. The van der Waals surface area contributed by atoms with E-state index in [1.54, 1.807) is 0 Å². The van der Waals surface area contributed by atoms with E-state index in [-0.39, 0.29) is 0 Å². The Balaban J connectivity index is 0. The molecule has 0 atom stereocenters. The van der Waals surface area contributed by atoms with E-state index in [9.17, 15) is 0 Å². The van der Waals surface area contributed by atoms with E-state index in [1.165, 1.54) is 57.9 Å². The third kappa shape index (κ3) is 26.0. The number of unbranched alkanes of at least 4 members (excludes halogenated alkanes) is 7. The van der Waals surface area contributed by atoms with Crippen molar-refractivity contribution >= 4 is 0 Å². The predicted octanol–water partition coefficient (Wildman–Crippen LogP) is 1.46. The molecular formula is C13H30ClNO2. The second kappa shape index (κ2) is 14.2. The molecule has 0 saturated heterocycles. The number of hydrogen-bond acceptors (Lipinski definition) is 2. The van der Waals surface area contributed by atoms with Crippen molar-refractivity contribution in [1.29, 1.82) is 0 Å². The van der Waals surface area contributed by atoms with Crippen LogP contribution in [0.5, 0.6) is 0 Å². The van der Waals surface area contributed by atoms with Gasteiger partial charge < -0.3 is 13.8 Å². The number of halogens is 1. The van der Waals surface area contributed by atoms with Crippen LogP contribution in [0.15, 0.2) is 0 Å². The average Bonchev–Trinajstić information content (AvgIpc) is 2.22. The molecular weight excluding hydrogens is 238 g/mol. The van der Waals surface area contributed by atoms with Crippen LogP contribution >= 0.6 is 0 Å². The molecule has 0 bridgehead atoms. The predicted molar refractivity (Wildman–Crippen MR) is 65.5 cm³/mol. The Hall–Kier alpha value is 0.170. The largest absolute Gasteiger partial charge is 0.544 e. The van der Waals surface area contributed by atoms with E-state index in [0.29, 0.717) is 0 Å². The Morgan fingerprint density at radius 1 is 0.765 bits per heavy atom. The zero-order valence-electron chi connectivity index (χ0n) is 12.0. The first-order valence-corrected chi connectivity index (χ1v) is 7.29. The van der Waals surface area contributed by atoms with Gasteiger partial charge in [0.05, 0.1) is 39.0 Å². The summed E-state index contributed by atoms with van der Waals surface area (Å²) in [7, 11) is 6.84. The number of rotatable bonds is 9. The zero-order chi connectivity index (χ0) is 13.6. The minimum absolute atomic E-state index is 0.417. The number of quaternary nitrogens is 1. The summed E-state index contributed by atoms with van der Waals surface area (Å²) in [5, 5.41) is 0. The lowest BCUT2D eigenvalue weighted by Gasteiger charge is -2.23. The highest BCUT2D eigenvalue weighted by Gasteiger charge is 2.04. The number of hydrogen-bond donors (Lipinski definition) is 0. The maximum absolute atomic E-state index is 8.24. The molecule has 0 radical (unpaired) electrons. The van der Waals surface area contributed by atoms with Crippen LogP contribution in [0.1, 0.15) is 58.3 Å². The molecule has 4 heteroatoms. The Bertz CT molecular complexity index is 138. The first-order valence-electron chi connectivity index (χ1n) is 6.67. The monoisotopic (exact) mass is 267 g/mol. The fourth-order valence-corrected chi connectivity index (χ4v) is 1.72. The van der Waals surface area contributed by atoms with Crippen molar-refractivity contribution in [2.45, 2.75) is 58.3 Å². The first kappa shape index (κ1) is 19.5. The van der Waals surface area contributed by atoms with Crippen LogP contribution in [-0.2, 0) is 0 Å². The smallest absolute Gasteiger partial charge is 0.0878 e. The summed E-state index contributed by atoms with van der Waals surface area (Å²) in [5.41, 5.74) is 0. The second-order valence-corrected chi connectivity index (χ2v) is 5.68. The van der Waals surface area contributed by atoms with Crippen molar-refractivity contribution < 1.29 is 25.1 Å². The molecule has 17 heavy (non-hydrogen) atoms. The summed E-state index contributed by atoms with van der Waals surface area (Å²) in [6.07, 6.45) is 11.4. The lowest BCUT2D eigenvalue weighted by atomic mass is 10.1. The van der Waals surface area contributed by atoms with Crippen molar-refractivity contribution in [2.75, 3.05) is 27.7 Å². The molecule has 3 nitrogen and oxygen atoms in total. The minimum Gasteiger partial charge on any atom is -0.544 e. The van der Waals surface area contributed by atoms with Crippen LogP contribution in [0.4, 0.5) is 0 Å². The van der Waals surface area contributed by atoms with Gasteiger partial charge in [-0.2, -0.15) is 0 Å². The van der Waals surface area contributed by atoms with Crippen LogP contribution in [0.3, 0.4) is 0 Å². The van der Waals surface area contributed by atoms with Gasteiger partial charge in [0.15, 0.2) is 0 Å². The van der Waals surface area contributed by atoms with Crippen LogP contribution in [0, 0.1) is 11.3 Å². The molecule has 0 aliphatic carbocycles. The van der Waals surface area contributed by atoms with E-state index < -0.39 is 11.3 Å². The maximum atomic E-state index is 8.24. The lowest BCUT2D eigenvalue weighted by molar-refractivity contribution is -1.41. The molecule has 106 valence electrons. The normalized spacial score (nSPS) is 10.9. The Morgan fingerprint density at radius 3 is 1.47 bits per heavy atom. The topological polar surface area (TPSA) is 46.1 Å². The van der Waals surface area contributed by atoms with Gasteiger partial charge in [-0.05, 0) is 12.8 Å². The van der Waals surface area contributed by atoms with Crippen molar-refractivity contribution in [3.8, 4) is 0 Å². The molecule has 0 fully saturated rings. The molecule has 0 N–H and O–H groups in total. The van der Waals surface area contributed by atoms with Gasteiger partial charge in [-0.1, -0.05) is 45.4 Å². The summed E-state index contributed by atoms with van der Waals surface area (Å²) in [6.45, 7) is 3.61. The SMILES string of the molecule is CCCCCCCCCC[N+](C)(C)C.[O-][Cl+][O-]. The van der Waals surface area contributed by atoms with E-state index in [4.69, 9.17) is 9.32 Å². The van der Waals surface area contributed by atoms with Gasteiger partial charge in [0.1, 0.15) is 0 Å². The molecule has 0 heterocycles. The van der Waals surface area contributed by atoms with Crippen LogP contribution in [0.2, 0.25) is 0 Å². The zero-order valence-corrected chi connectivity index (χ0v) is 12.8. The van der Waals surface area contributed by atoms with Crippen molar-refractivity contribution in [2.24, 2.45) is 0 Å². The molecule has 0 rings (SSSR count). The summed E-state index contributed by atoms with van der Waals surface area (Å²) >= 11 is -0.417. The van der Waals surface area contributed by atoms with Gasteiger partial charge >= 0.3 is 0 Å². The highest BCUT2D eigenvalue weighted by atomic mass is 35.6. The van der Waals surface area contributed by atoms with Crippen LogP contribution < -0.4 is 9.32 Å². The minimum atomic E-state index is -0.417. The third-order valence-corrected chi connectivity index (χ3v) is 2.68. The molecule has 0 aromatic rings. The van der Waals surface area contributed by atoms with Crippen LogP contribution in [-0.4, -0.2) is 32.2 Å². The van der Waals surface area contributed by atoms with Crippen molar-refractivity contribution in [3.63, 3.8) is 0 Å². The average molecular weight is 268 g/mol. The molecule has 0 aromatic heterocycles. The molecule has 0 amide bonds. The molecule has 0 aliphatic heterocycles. The second-order valence-electron chi connectivity index (χ2n) is 5.55. The lowest BCUT2D eigenvalue weighted by Crippen LogP contribution is -2.35. The van der Waals surface area contributed by atoms with Gasteiger partial charge in [0, 0.05) is 0 Å². The van der Waals surface area contributed by atoms with Gasteiger partial charge in [-0.25, -0.2) is 0 Å². The summed E-state index contributed by atoms with van der Waals surface area (Å²) in [4.78, 5) is 0. The van der Waals surface area contributed by atoms with Crippen LogP contribution in [0.25, 0.3) is 0 Å². The highest BCUT2D eigenvalue weighted by molar-refractivity contribution is 4.45. The molecule has 0 spiro atoms. The van der Waals surface area contributed by atoms with Crippen molar-refractivity contribution in [3.05, 3.63) is 0 Å². The van der Waals surface area contributed by atoms with E-state index in [2.05, 4.69) is 28.1 Å². The summed E-state index contributed by atoms with van der Waals surface area (Å²) < 4.78 is 17.6. The number of nitrogens with zero attached hydrogens (tertiary/aromatic N) is 1. The first-order chi connectivity index (χ1) is 7.97. The molecule has 0 unspecified atom stereocenters.